The molecule has 2 rings (SSSR count). The van der Waals surface area contributed by atoms with Gasteiger partial charge in [0.05, 0.1) is 5.56 Å². The highest BCUT2D eigenvalue weighted by Gasteiger charge is 2.21. The maximum absolute atomic E-state index is 11.5. The first-order valence-corrected chi connectivity index (χ1v) is 4.21. The molecule has 66 valence electrons. The summed E-state index contributed by atoms with van der Waals surface area (Å²) in [5.41, 5.74) is 0.971. The van der Waals surface area contributed by atoms with E-state index in [1.54, 1.807) is 18.2 Å². The molecule has 0 fully saturated rings. The van der Waals surface area contributed by atoms with Crippen molar-refractivity contribution >= 4 is 17.4 Å². The number of ketones is 1. The summed E-state index contributed by atoms with van der Waals surface area (Å²) in [6.45, 7) is 3.88. The van der Waals surface area contributed by atoms with E-state index in [0.29, 0.717) is 21.9 Å². The molecular formula is C10H7ClO2. The van der Waals surface area contributed by atoms with Crippen molar-refractivity contribution < 1.29 is 9.53 Å². The van der Waals surface area contributed by atoms with Crippen molar-refractivity contribution in [2.24, 2.45) is 0 Å². The normalized spacial score (nSPS) is 15.2. The van der Waals surface area contributed by atoms with Crippen molar-refractivity contribution in [3.05, 3.63) is 40.9 Å². The summed E-state index contributed by atoms with van der Waals surface area (Å²) in [5, 5.41) is 0.533. The van der Waals surface area contributed by atoms with Gasteiger partial charge in [-0.1, -0.05) is 18.2 Å². The Morgan fingerprint density at radius 1 is 1.46 bits per heavy atom. The van der Waals surface area contributed by atoms with Gasteiger partial charge in [0.1, 0.15) is 12.4 Å². The van der Waals surface area contributed by atoms with E-state index in [2.05, 4.69) is 6.58 Å². The van der Waals surface area contributed by atoms with Crippen LogP contribution in [0.25, 0.3) is 0 Å². The zero-order chi connectivity index (χ0) is 9.42. The number of Topliss-reactive ketones (excluding diaryl/α,β-unsaturated/α-hetero) is 1. The number of hydrogen-bond donors (Lipinski definition) is 0. The molecule has 2 nitrogen and oxygen atoms in total. The summed E-state index contributed by atoms with van der Waals surface area (Å²) in [7, 11) is 0. The number of rotatable bonds is 0. The maximum atomic E-state index is 11.5. The highest BCUT2D eigenvalue weighted by Crippen LogP contribution is 2.28. The Morgan fingerprint density at radius 3 is 3.00 bits per heavy atom. The van der Waals surface area contributed by atoms with Gasteiger partial charge in [-0.15, -0.1) is 0 Å². The molecule has 0 aliphatic carbocycles. The Kier molecular flexibility index (Phi) is 1.85. The van der Waals surface area contributed by atoms with Gasteiger partial charge >= 0.3 is 0 Å². The highest BCUT2D eigenvalue weighted by atomic mass is 35.5. The average molecular weight is 195 g/mol. The molecule has 1 aliphatic heterocycles. The molecule has 1 aliphatic rings. The molecule has 0 saturated heterocycles. The largest absolute Gasteiger partial charge is 0.488 e. The number of carbonyl (C=O) groups excluding carboxylic acids is 1. The van der Waals surface area contributed by atoms with E-state index in [4.69, 9.17) is 16.3 Å². The molecule has 13 heavy (non-hydrogen) atoms. The SMILES string of the molecule is C=C1COc2ccc(Cl)cc2C1=O. The van der Waals surface area contributed by atoms with Crippen molar-refractivity contribution in [3.63, 3.8) is 0 Å². The summed E-state index contributed by atoms with van der Waals surface area (Å²) in [5.74, 6) is 0.505. The molecule has 1 aromatic carbocycles. The zero-order valence-corrected chi connectivity index (χ0v) is 7.60. The lowest BCUT2D eigenvalue weighted by Gasteiger charge is -2.17. The molecular weight excluding hydrogens is 188 g/mol. The Morgan fingerprint density at radius 2 is 2.23 bits per heavy atom. The van der Waals surface area contributed by atoms with Crippen LogP contribution in [-0.2, 0) is 0 Å². The Labute approximate surface area is 80.8 Å². The van der Waals surface area contributed by atoms with Gasteiger partial charge in [0, 0.05) is 10.6 Å². The number of ether oxygens (including phenoxy) is 1. The van der Waals surface area contributed by atoms with Crippen LogP contribution in [0.4, 0.5) is 0 Å². The van der Waals surface area contributed by atoms with Crippen LogP contribution in [0.2, 0.25) is 5.02 Å². The fraction of sp³-hybridized carbons (Fsp3) is 0.100. The second-order valence-electron chi connectivity index (χ2n) is 2.86. The number of hydrogen-bond acceptors (Lipinski definition) is 2. The maximum Gasteiger partial charge on any atom is 0.195 e. The molecule has 1 aromatic rings. The predicted octanol–water partition coefficient (Wildman–Crippen LogP) is 2.47. The fourth-order valence-corrected chi connectivity index (χ4v) is 1.40. The fourth-order valence-electron chi connectivity index (χ4n) is 1.23. The number of carbonyl (C=O) groups is 1. The predicted molar refractivity (Wildman–Crippen MR) is 50.4 cm³/mol. The summed E-state index contributed by atoms with van der Waals surface area (Å²) in [4.78, 5) is 11.5. The van der Waals surface area contributed by atoms with Crippen molar-refractivity contribution in [1.82, 2.24) is 0 Å². The van der Waals surface area contributed by atoms with Crippen LogP contribution in [0.3, 0.4) is 0 Å². The summed E-state index contributed by atoms with van der Waals surface area (Å²) in [6, 6.07) is 4.99. The summed E-state index contributed by atoms with van der Waals surface area (Å²) >= 11 is 5.75. The summed E-state index contributed by atoms with van der Waals surface area (Å²) in [6.07, 6.45) is 0. The molecule has 0 amide bonds. The standard InChI is InChI=1S/C10H7ClO2/c1-6-5-13-9-3-2-7(11)4-8(9)10(6)12/h2-4H,1,5H2. The zero-order valence-electron chi connectivity index (χ0n) is 6.84. The second kappa shape index (κ2) is 2.89. The van der Waals surface area contributed by atoms with E-state index in [9.17, 15) is 4.79 Å². The van der Waals surface area contributed by atoms with E-state index in [1.807, 2.05) is 0 Å². The van der Waals surface area contributed by atoms with Crippen LogP contribution in [0.15, 0.2) is 30.4 Å². The first-order chi connectivity index (χ1) is 6.18. The van der Waals surface area contributed by atoms with Gasteiger partial charge in [-0.3, -0.25) is 4.79 Å². The van der Waals surface area contributed by atoms with E-state index < -0.39 is 0 Å². The van der Waals surface area contributed by atoms with Crippen LogP contribution >= 0.6 is 11.6 Å². The minimum absolute atomic E-state index is 0.0799. The third-order valence-electron chi connectivity index (χ3n) is 1.91. The molecule has 0 spiro atoms. The monoisotopic (exact) mass is 194 g/mol. The highest BCUT2D eigenvalue weighted by molar-refractivity contribution is 6.31. The van der Waals surface area contributed by atoms with Crippen LogP contribution in [-0.4, -0.2) is 12.4 Å². The molecule has 3 heteroatoms. The Balaban J connectivity index is 2.58. The Hall–Kier alpha value is -1.28. The second-order valence-corrected chi connectivity index (χ2v) is 3.30. The van der Waals surface area contributed by atoms with Crippen molar-refractivity contribution in [2.75, 3.05) is 6.61 Å². The molecule has 0 N–H and O–H groups in total. The van der Waals surface area contributed by atoms with E-state index >= 15 is 0 Å². The van der Waals surface area contributed by atoms with Gasteiger partial charge in [0.15, 0.2) is 5.78 Å². The lowest BCUT2D eigenvalue weighted by molar-refractivity contribution is 0.1000. The average Bonchev–Trinajstić information content (AvgIpc) is 2.12. The smallest absolute Gasteiger partial charge is 0.195 e. The first-order valence-electron chi connectivity index (χ1n) is 3.83. The van der Waals surface area contributed by atoms with Gasteiger partial charge in [-0.05, 0) is 18.2 Å². The van der Waals surface area contributed by atoms with E-state index in [0.717, 1.165) is 0 Å². The Bertz CT molecular complexity index is 396. The molecule has 0 aromatic heterocycles. The van der Waals surface area contributed by atoms with Crippen molar-refractivity contribution in [3.8, 4) is 5.75 Å². The molecule has 0 saturated carbocycles. The first kappa shape index (κ1) is 8.32. The van der Waals surface area contributed by atoms with Gasteiger partial charge in [-0.2, -0.15) is 0 Å². The lowest BCUT2D eigenvalue weighted by atomic mass is 10.0. The third-order valence-corrected chi connectivity index (χ3v) is 2.14. The van der Waals surface area contributed by atoms with Crippen LogP contribution in [0, 0.1) is 0 Å². The van der Waals surface area contributed by atoms with Gasteiger partial charge in [0.25, 0.3) is 0 Å². The topological polar surface area (TPSA) is 26.3 Å². The van der Waals surface area contributed by atoms with Gasteiger partial charge in [-0.25, -0.2) is 0 Å². The van der Waals surface area contributed by atoms with Crippen molar-refractivity contribution in [1.29, 1.82) is 0 Å². The van der Waals surface area contributed by atoms with Crippen LogP contribution in [0.5, 0.6) is 5.75 Å². The third kappa shape index (κ3) is 1.33. The molecule has 0 bridgehead atoms. The number of halogens is 1. The van der Waals surface area contributed by atoms with E-state index in [-0.39, 0.29) is 12.4 Å². The quantitative estimate of drug-likeness (QED) is 0.593. The van der Waals surface area contributed by atoms with E-state index in [1.165, 1.54) is 0 Å². The van der Waals surface area contributed by atoms with Gasteiger partial charge < -0.3 is 4.74 Å². The molecule has 0 atom stereocenters. The molecule has 1 heterocycles. The molecule has 0 radical (unpaired) electrons. The molecule has 0 unspecified atom stereocenters. The van der Waals surface area contributed by atoms with Gasteiger partial charge in [0.2, 0.25) is 0 Å². The number of benzene rings is 1. The lowest BCUT2D eigenvalue weighted by Crippen LogP contribution is -2.17. The van der Waals surface area contributed by atoms with Crippen LogP contribution in [0.1, 0.15) is 10.4 Å². The minimum Gasteiger partial charge on any atom is -0.488 e. The minimum atomic E-state index is -0.0799. The summed E-state index contributed by atoms with van der Waals surface area (Å²) < 4.78 is 5.28. The number of fused-ring (bicyclic) bond motifs is 1. The van der Waals surface area contributed by atoms with Crippen LogP contribution < -0.4 is 4.74 Å². The van der Waals surface area contributed by atoms with Crippen molar-refractivity contribution in [2.45, 2.75) is 0 Å².